The number of hydrogen-bond acceptors (Lipinski definition) is 2. The number of carbonyl (C=O) groups is 1. The monoisotopic (exact) mass is 136 g/mol. The molecule has 1 rings (SSSR count). The molecular weight excluding hydrogens is 130 g/mol. The standard InChI is InChI=1S/C7H6NO2/c8-7(10)5-1-3-6(9)4-2-5/h1-3,9H,(H2,8,10). The second-order valence-corrected chi connectivity index (χ2v) is 1.83. The van der Waals surface area contributed by atoms with Gasteiger partial charge in [0.2, 0.25) is 5.91 Å². The Hall–Kier alpha value is -1.51. The first-order valence-corrected chi connectivity index (χ1v) is 2.70. The molecule has 51 valence electrons. The van der Waals surface area contributed by atoms with Gasteiger partial charge in [0.1, 0.15) is 5.75 Å². The van der Waals surface area contributed by atoms with Crippen LogP contribution in [0.4, 0.5) is 0 Å². The SMILES string of the molecule is NC(=O)c1c[c]c(O)cc1. The van der Waals surface area contributed by atoms with Crippen LogP contribution in [0.5, 0.6) is 5.75 Å². The zero-order valence-electron chi connectivity index (χ0n) is 5.16. The Bertz CT molecular complexity index is 240. The summed E-state index contributed by atoms with van der Waals surface area (Å²) < 4.78 is 0. The number of phenolic OH excluding ortho intramolecular Hbond substituents is 1. The van der Waals surface area contributed by atoms with Crippen LogP contribution in [-0.2, 0) is 0 Å². The van der Waals surface area contributed by atoms with Gasteiger partial charge in [0, 0.05) is 11.6 Å². The van der Waals surface area contributed by atoms with Crippen LogP contribution in [0.1, 0.15) is 10.4 Å². The number of benzene rings is 1. The van der Waals surface area contributed by atoms with E-state index in [2.05, 4.69) is 6.07 Å². The van der Waals surface area contributed by atoms with Crippen LogP contribution in [0.15, 0.2) is 18.2 Å². The molecule has 0 spiro atoms. The summed E-state index contributed by atoms with van der Waals surface area (Å²) in [5, 5.41) is 8.73. The molecule has 3 nitrogen and oxygen atoms in total. The van der Waals surface area contributed by atoms with Crippen LogP contribution in [-0.4, -0.2) is 11.0 Å². The fourth-order valence-corrected chi connectivity index (χ4v) is 0.570. The van der Waals surface area contributed by atoms with Crippen molar-refractivity contribution >= 4 is 5.91 Å². The Morgan fingerprint density at radius 1 is 1.60 bits per heavy atom. The lowest BCUT2D eigenvalue weighted by Gasteiger charge is -1.92. The van der Waals surface area contributed by atoms with E-state index in [-0.39, 0.29) is 5.75 Å². The Morgan fingerprint density at radius 2 is 2.30 bits per heavy atom. The van der Waals surface area contributed by atoms with Gasteiger partial charge in [-0.1, -0.05) is 0 Å². The van der Waals surface area contributed by atoms with Gasteiger partial charge in [-0.25, -0.2) is 0 Å². The van der Waals surface area contributed by atoms with Crippen LogP contribution in [0.25, 0.3) is 0 Å². The molecule has 10 heavy (non-hydrogen) atoms. The van der Waals surface area contributed by atoms with Gasteiger partial charge in [0.15, 0.2) is 0 Å². The molecule has 0 fully saturated rings. The summed E-state index contributed by atoms with van der Waals surface area (Å²) in [7, 11) is 0. The fraction of sp³-hybridized carbons (Fsp3) is 0. The minimum Gasteiger partial charge on any atom is -0.507 e. The largest absolute Gasteiger partial charge is 0.507 e. The summed E-state index contributed by atoms with van der Waals surface area (Å²) in [5.74, 6) is -0.513. The smallest absolute Gasteiger partial charge is 0.248 e. The topological polar surface area (TPSA) is 63.3 Å². The van der Waals surface area contributed by atoms with Crippen LogP contribution >= 0.6 is 0 Å². The lowest BCUT2D eigenvalue weighted by Crippen LogP contribution is -2.10. The molecule has 1 radical (unpaired) electrons. The number of rotatable bonds is 1. The summed E-state index contributed by atoms with van der Waals surface area (Å²) in [5.41, 5.74) is 5.27. The first-order valence-electron chi connectivity index (χ1n) is 2.70. The number of hydrogen-bond donors (Lipinski definition) is 2. The van der Waals surface area contributed by atoms with Crippen molar-refractivity contribution in [2.75, 3.05) is 0 Å². The maximum atomic E-state index is 10.4. The summed E-state index contributed by atoms with van der Waals surface area (Å²) >= 11 is 0. The fourth-order valence-electron chi connectivity index (χ4n) is 0.570. The van der Waals surface area contributed by atoms with Gasteiger partial charge in [-0.2, -0.15) is 0 Å². The Labute approximate surface area is 58.1 Å². The maximum Gasteiger partial charge on any atom is 0.248 e. The molecule has 1 amide bonds. The lowest BCUT2D eigenvalue weighted by molar-refractivity contribution is 0.100. The van der Waals surface area contributed by atoms with Crippen molar-refractivity contribution in [1.82, 2.24) is 0 Å². The van der Waals surface area contributed by atoms with Crippen LogP contribution < -0.4 is 5.73 Å². The van der Waals surface area contributed by atoms with Crippen LogP contribution in [0.2, 0.25) is 0 Å². The molecule has 0 aromatic heterocycles. The van der Waals surface area contributed by atoms with Gasteiger partial charge < -0.3 is 10.8 Å². The van der Waals surface area contributed by atoms with E-state index in [0.29, 0.717) is 5.56 Å². The van der Waals surface area contributed by atoms with Gasteiger partial charge >= 0.3 is 0 Å². The minimum absolute atomic E-state index is 0.00463. The van der Waals surface area contributed by atoms with E-state index in [1.165, 1.54) is 18.2 Å². The number of phenols is 1. The highest BCUT2D eigenvalue weighted by Crippen LogP contribution is 2.07. The molecule has 0 heterocycles. The van der Waals surface area contributed by atoms with E-state index >= 15 is 0 Å². The third-order valence-corrected chi connectivity index (χ3v) is 1.08. The molecule has 0 saturated heterocycles. The Morgan fingerprint density at radius 3 is 2.70 bits per heavy atom. The van der Waals surface area contributed by atoms with E-state index < -0.39 is 5.91 Å². The van der Waals surface area contributed by atoms with Gasteiger partial charge in [0.25, 0.3) is 0 Å². The molecule has 1 aromatic rings. The third kappa shape index (κ3) is 1.25. The average molecular weight is 136 g/mol. The second-order valence-electron chi connectivity index (χ2n) is 1.83. The van der Waals surface area contributed by atoms with Crippen molar-refractivity contribution in [3.63, 3.8) is 0 Å². The average Bonchev–Trinajstić information content (AvgIpc) is 1.88. The molecule has 0 atom stereocenters. The Kier molecular flexibility index (Phi) is 1.58. The number of primary amides is 1. The van der Waals surface area contributed by atoms with Crippen LogP contribution in [0.3, 0.4) is 0 Å². The van der Waals surface area contributed by atoms with Crippen molar-refractivity contribution < 1.29 is 9.90 Å². The minimum atomic E-state index is -0.517. The molecule has 0 unspecified atom stereocenters. The summed E-state index contributed by atoms with van der Waals surface area (Å²) in [6.07, 6.45) is 0. The highest BCUT2D eigenvalue weighted by Gasteiger charge is 1.97. The second kappa shape index (κ2) is 2.39. The Balaban J connectivity index is 3.00. The first-order chi connectivity index (χ1) is 4.70. The highest BCUT2D eigenvalue weighted by atomic mass is 16.3. The van der Waals surface area contributed by atoms with Gasteiger partial charge in [-0.05, 0) is 18.2 Å². The summed E-state index contributed by atoms with van der Waals surface area (Å²) in [6, 6.07) is 6.58. The summed E-state index contributed by atoms with van der Waals surface area (Å²) in [4.78, 5) is 10.4. The van der Waals surface area contributed by atoms with E-state index in [4.69, 9.17) is 10.8 Å². The predicted molar refractivity (Wildman–Crippen MR) is 35.5 cm³/mol. The van der Waals surface area contributed by atoms with E-state index in [9.17, 15) is 4.79 Å². The molecule has 0 aliphatic rings. The normalized spacial score (nSPS) is 9.20. The highest BCUT2D eigenvalue weighted by molar-refractivity contribution is 5.92. The summed E-state index contributed by atoms with van der Waals surface area (Å²) in [6.45, 7) is 0. The molecular formula is C7H6NO2. The van der Waals surface area contributed by atoms with E-state index in [0.717, 1.165) is 0 Å². The van der Waals surface area contributed by atoms with Gasteiger partial charge in [-0.3, -0.25) is 4.79 Å². The molecule has 3 N–H and O–H groups in total. The molecule has 0 aliphatic heterocycles. The van der Waals surface area contributed by atoms with Crippen molar-refractivity contribution in [2.45, 2.75) is 0 Å². The molecule has 0 aliphatic carbocycles. The van der Waals surface area contributed by atoms with E-state index in [1.807, 2.05) is 0 Å². The maximum absolute atomic E-state index is 10.4. The van der Waals surface area contributed by atoms with Crippen molar-refractivity contribution in [3.05, 3.63) is 29.8 Å². The molecule has 0 bridgehead atoms. The predicted octanol–water partition coefficient (Wildman–Crippen LogP) is 0.291. The molecule has 0 saturated carbocycles. The lowest BCUT2D eigenvalue weighted by atomic mass is 10.2. The van der Waals surface area contributed by atoms with E-state index in [1.54, 1.807) is 0 Å². The number of aromatic hydroxyl groups is 1. The van der Waals surface area contributed by atoms with Crippen LogP contribution in [0, 0.1) is 6.07 Å². The molecule has 3 heteroatoms. The van der Waals surface area contributed by atoms with Gasteiger partial charge in [0.05, 0.1) is 0 Å². The zero-order valence-corrected chi connectivity index (χ0v) is 5.16. The van der Waals surface area contributed by atoms with Crippen molar-refractivity contribution in [2.24, 2.45) is 5.73 Å². The number of nitrogens with two attached hydrogens (primary N) is 1. The number of amides is 1. The van der Waals surface area contributed by atoms with Crippen molar-refractivity contribution in [1.29, 1.82) is 0 Å². The van der Waals surface area contributed by atoms with Gasteiger partial charge in [-0.15, -0.1) is 0 Å². The molecule has 1 aromatic carbocycles. The number of carbonyl (C=O) groups excluding carboxylic acids is 1. The quantitative estimate of drug-likeness (QED) is 0.582. The van der Waals surface area contributed by atoms with Crippen molar-refractivity contribution in [3.8, 4) is 5.75 Å². The third-order valence-electron chi connectivity index (χ3n) is 1.08. The first kappa shape index (κ1) is 6.61. The zero-order chi connectivity index (χ0) is 7.56.